The van der Waals surface area contributed by atoms with Crippen LogP contribution in [0.2, 0.25) is 0 Å². The number of rotatable bonds is 7. The van der Waals surface area contributed by atoms with Gasteiger partial charge in [-0.15, -0.1) is 0 Å². The summed E-state index contributed by atoms with van der Waals surface area (Å²) in [6.45, 7) is 7.62. The fourth-order valence-corrected chi connectivity index (χ4v) is 2.70. The number of hydrazone groups is 1. The number of likely N-dealkylation sites (tertiary alicyclic amines) is 1. The second-order valence-electron chi connectivity index (χ2n) is 7.57. The van der Waals surface area contributed by atoms with Gasteiger partial charge in [-0.25, -0.2) is 10.2 Å². The highest BCUT2D eigenvalue weighted by Crippen LogP contribution is 2.12. The Morgan fingerprint density at radius 3 is 2.44 bits per heavy atom. The Bertz CT molecular complexity index is 644. The fourth-order valence-electron chi connectivity index (χ4n) is 2.70. The van der Waals surface area contributed by atoms with Gasteiger partial charge < -0.3 is 9.47 Å². The minimum atomic E-state index is -0.529. The average Bonchev–Trinajstić information content (AvgIpc) is 2.60. The SMILES string of the molecule is CC(C)(C)OC(=O)COc1ccc(/C=N/NC(=O)CN2CCCCC2)cc1. The van der Waals surface area contributed by atoms with Crippen molar-refractivity contribution in [1.82, 2.24) is 10.3 Å². The maximum atomic E-state index is 11.9. The standard InChI is InChI=1S/C20H29N3O4/c1-20(2,3)27-19(25)15-26-17-9-7-16(8-10-17)13-21-22-18(24)14-23-11-5-4-6-12-23/h7-10,13H,4-6,11-12,14-15H2,1-3H3,(H,22,24)/b21-13+. The average molecular weight is 375 g/mol. The molecule has 1 saturated heterocycles. The number of ether oxygens (including phenoxy) is 2. The van der Waals surface area contributed by atoms with Crippen LogP contribution in [-0.4, -0.2) is 54.8 Å². The number of esters is 1. The minimum absolute atomic E-state index is 0.106. The molecule has 0 atom stereocenters. The molecule has 0 radical (unpaired) electrons. The van der Waals surface area contributed by atoms with Crippen molar-refractivity contribution < 1.29 is 19.1 Å². The van der Waals surface area contributed by atoms with Crippen molar-refractivity contribution in [2.24, 2.45) is 5.10 Å². The van der Waals surface area contributed by atoms with Crippen LogP contribution < -0.4 is 10.2 Å². The van der Waals surface area contributed by atoms with Gasteiger partial charge in [-0.05, 0) is 76.5 Å². The quantitative estimate of drug-likeness (QED) is 0.449. The number of benzene rings is 1. The lowest BCUT2D eigenvalue weighted by Crippen LogP contribution is -2.38. The number of piperidine rings is 1. The van der Waals surface area contributed by atoms with E-state index >= 15 is 0 Å². The highest BCUT2D eigenvalue weighted by atomic mass is 16.6. The summed E-state index contributed by atoms with van der Waals surface area (Å²) in [7, 11) is 0. The molecule has 1 amide bonds. The number of carbonyl (C=O) groups is 2. The van der Waals surface area contributed by atoms with Gasteiger partial charge in [-0.1, -0.05) is 6.42 Å². The zero-order valence-corrected chi connectivity index (χ0v) is 16.4. The van der Waals surface area contributed by atoms with Crippen LogP contribution in [0.5, 0.6) is 5.75 Å². The minimum Gasteiger partial charge on any atom is -0.482 e. The first-order valence-corrected chi connectivity index (χ1v) is 9.31. The Morgan fingerprint density at radius 1 is 1.15 bits per heavy atom. The van der Waals surface area contributed by atoms with Gasteiger partial charge in [0, 0.05) is 0 Å². The predicted octanol–water partition coefficient (Wildman–Crippen LogP) is 2.34. The highest BCUT2D eigenvalue weighted by molar-refractivity contribution is 5.83. The number of amides is 1. The van der Waals surface area contributed by atoms with Crippen LogP contribution in [0.3, 0.4) is 0 Å². The number of hydrogen-bond acceptors (Lipinski definition) is 6. The molecule has 1 N–H and O–H groups in total. The molecule has 148 valence electrons. The van der Waals surface area contributed by atoms with E-state index < -0.39 is 11.6 Å². The van der Waals surface area contributed by atoms with Crippen LogP contribution in [0.15, 0.2) is 29.4 Å². The van der Waals surface area contributed by atoms with Crippen LogP contribution in [0.1, 0.15) is 45.6 Å². The zero-order valence-electron chi connectivity index (χ0n) is 16.4. The molecule has 0 aliphatic carbocycles. The molecule has 0 spiro atoms. The second-order valence-corrected chi connectivity index (χ2v) is 7.57. The Hall–Kier alpha value is -2.41. The Kier molecular flexibility index (Phi) is 7.79. The molecule has 2 rings (SSSR count). The molecular formula is C20H29N3O4. The summed E-state index contributed by atoms with van der Waals surface area (Å²) in [6, 6.07) is 7.07. The Balaban J connectivity index is 1.72. The second kappa shape index (κ2) is 10.1. The summed E-state index contributed by atoms with van der Waals surface area (Å²) in [5, 5.41) is 3.99. The summed E-state index contributed by atoms with van der Waals surface area (Å²) < 4.78 is 10.6. The zero-order chi connectivity index (χ0) is 19.7. The van der Waals surface area contributed by atoms with Gasteiger partial charge in [0.15, 0.2) is 6.61 Å². The lowest BCUT2D eigenvalue weighted by molar-refractivity contribution is -0.157. The first-order valence-electron chi connectivity index (χ1n) is 9.31. The van der Waals surface area contributed by atoms with Crippen molar-refractivity contribution in [2.45, 2.75) is 45.6 Å². The smallest absolute Gasteiger partial charge is 0.344 e. The van der Waals surface area contributed by atoms with E-state index in [1.165, 1.54) is 6.42 Å². The van der Waals surface area contributed by atoms with E-state index in [-0.39, 0.29) is 12.5 Å². The molecular weight excluding hydrogens is 346 g/mol. The summed E-state index contributed by atoms with van der Waals surface area (Å²) in [5.41, 5.74) is 2.84. The molecule has 7 heteroatoms. The molecule has 1 aromatic carbocycles. The maximum absolute atomic E-state index is 11.9. The van der Waals surface area contributed by atoms with Gasteiger partial charge in [0.05, 0.1) is 12.8 Å². The third kappa shape index (κ3) is 8.68. The predicted molar refractivity (Wildman–Crippen MR) is 104 cm³/mol. The van der Waals surface area contributed by atoms with Crippen LogP contribution in [0.4, 0.5) is 0 Å². The first-order chi connectivity index (χ1) is 12.8. The molecule has 0 saturated carbocycles. The molecule has 1 aliphatic rings. The summed E-state index contributed by atoms with van der Waals surface area (Å²) in [5.74, 6) is 0.0437. The molecule has 1 aromatic rings. The van der Waals surface area contributed by atoms with E-state index in [0.717, 1.165) is 31.5 Å². The van der Waals surface area contributed by atoms with E-state index in [4.69, 9.17) is 9.47 Å². The third-order valence-corrected chi connectivity index (χ3v) is 3.88. The number of hydrogen-bond donors (Lipinski definition) is 1. The lowest BCUT2D eigenvalue weighted by Gasteiger charge is -2.25. The maximum Gasteiger partial charge on any atom is 0.344 e. The molecule has 1 heterocycles. The van der Waals surface area contributed by atoms with Gasteiger partial charge in [-0.2, -0.15) is 5.10 Å². The number of carbonyl (C=O) groups excluding carboxylic acids is 2. The van der Waals surface area contributed by atoms with Crippen molar-refractivity contribution in [3.05, 3.63) is 29.8 Å². The van der Waals surface area contributed by atoms with Crippen LogP contribution in [0, 0.1) is 0 Å². The van der Waals surface area contributed by atoms with Crippen molar-refractivity contribution in [3.63, 3.8) is 0 Å². The van der Waals surface area contributed by atoms with E-state index in [9.17, 15) is 9.59 Å². The molecule has 7 nitrogen and oxygen atoms in total. The first kappa shape index (κ1) is 20.9. The van der Waals surface area contributed by atoms with E-state index in [0.29, 0.717) is 12.3 Å². The summed E-state index contributed by atoms with van der Waals surface area (Å²) in [4.78, 5) is 25.7. The molecule has 0 aromatic heterocycles. The fraction of sp³-hybridized carbons (Fsp3) is 0.550. The van der Waals surface area contributed by atoms with E-state index in [1.807, 2.05) is 20.8 Å². The van der Waals surface area contributed by atoms with Crippen molar-refractivity contribution >= 4 is 18.1 Å². The molecule has 27 heavy (non-hydrogen) atoms. The van der Waals surface area contributed by atoms with E-state index in [1.54, 1.807) is 30.5 Å². The normalized spacial score (nSPS) is 15.5. The van der Waals surface area contributed by atoms with Gasteiger partial charge in [0.2, 0.25) is 0 Å². The lowest BCUT2D eigenvalue weighted by atomic mass is 10.1. The van der Waals surface area contributed by atoms with Crippen LogP contribution in [0.25, 0.3) is 0 Å². The van der Waals surface area contributed by atoms with Crippen LogP contribution in [-0.2, 0) is 14.3 Å². The van der Waals surface area contributed by atoms with E-state index in [2.05, 4.69) is 15.4 Å². The Morgan fingerprint density at radius 2 is 1.81 bits per heavy atom. The highest BCUT2D eigenvalue weighted by Gasteiger charge is 2.16. The van der Waals surface area contributed by atoms with Gasteiger partial charge >= 0.3 is 5.97 Å². The van der Waals surface area contributed by atoms with Gasteiger partial charge in [0.25, 0.3) is 5.91 Å². The van der Waals surface area contributed by atoms with Gasteiger partial charge in [0.1, 0.15) is 11.4 Å². The third-order valence-electron chi connectivity index (χ3n) is 3.88. The Labute approximate surface area is 160 Å². The van der Waals surface area contributed by atoms with Crippen LogP contribution >= 0.6 is 0 Å². The molecule has 1 aliphatic heterocycles. The molecule has 0 bridgehead atoms. The van der Waals surface area contributed by atoms with Gasteiger partial charge in [-0.3, -0.25) is 9.69 Å². The summed E-state index contributed by atoms with van der Waals surface area (Å²) >= 11 is 0. The van der Waals surface area contributed by atoms with Crippen molar-refractivity contribution in [3.8, 4) is 5.75 Å². The monoisotopic (exact) mass is 375 g/mol. The van der Waals surface area contributed by atoms with Crippen molar-refractivity contribution in [2.75, 3.05) is 26.2 Å². The topological polar surface area (TPSA) is 80.2 Å². The van der Waals surface area contributed by atoms with Crippen molar-refractivity contribution in [1.29, 1.82) is 0 Å². The molecule has 1 fully saturated rings. The summed E-state index contributed by atoms with van der Waals surface area (Å²) in [6.07, 6.45) is 5.12. The number of nitrogens with one attached hydrogen (secondary N) is 1. The molecule has 0 unspecified atom stereocenters. The number of nitrogens with zero attached hydrogens (tertiary/aromatic N) is 2. The largest absolute Gasteiger partial charge is 0.482 e.